The minimum atomic E-state index is -0.411. The number of alkyl halides is 1. The van der Waals surface area contributed by atoms with E-state index in [9.17, 15) is 9.18 Å². The van der Waals surface area contributed by atoms with Crippen molar-refractivity contribution in [1.82, 2.24) is 5.32 Å². The van der Waals surface area contributed by atoms with E-state index < -0.39 is 6.67 Å². The standard InChI is InChI=1S/C6H13FN2O/c1-5(6(8)10)4-9-3-2-7/h5,9H,2-4H2,1H3,(H2,8,10). The highest BCUT2D eigenvalue weighted by Gasteiger charge is 2.06. The van der Waals surface area contributed by atoms with Gasteiger partial charge in [0.15, 0.2) is 0 Å². The van der Waals surface area contributed by atoms with Crippen LogP contribution in [0.25, 0.3) is 0 Å². The first-order valence-corrected chi connectivity index (χ1v) is 3.24. The molecule has 0 aliphatic rings. The van der Waals surface area contributed by atoms with Gasteiger partial charge in [0.05, 0.1) is 0 Å². The monoisotopic (exact) mass is 148 g/mol. The second-order valence-corrected chi connectivity index (χ2v) is 2.20. The average molecular weight is 148 g/mol. The third-order valence-corrected chi connectivity index (χ3v) is 1.21. The molecule has 1 atom stereocenters. The zero-order chi connectivity index (χ0) is 7.98. The molecule has 0 aliphatic heterocycles. The molecule has 0 aromatic rings. The van der Waals surface area contributed by atoms with E-state index in [4.69, 9.17) is 5.73 Å². The van der Waals surface area contributed by atoms with Gasteiger partial charge >= 0.3 is 0 Å². The number of carbonyl (C=O) groups is 1. The van der Waals surface area contributed by atoms with Crippen LogP contribution in [0.15, 0.2) is 0 Å². The van der Waals surface area contributed by atoms with Crippen LogP contribution >= 0.6 is 0 Å². The molecule has 0 saturated heterocycles. The minimum absolute atomic E-state index is 0.216. The van der Waals surface area contributed by atoms with Gasteiger partial charge in [-0.2, -0.15) is 0 Å². The number of primary amides is 1. The Morgan fingerprint density at radius 3 is 2.80 bits per heavy atom. The molecule has 0 aromatic heterocycles. The van der Waals surface area contributed by atoms with Crippen LogP contribution in [0.5, 0.6) is 0 Å². The molecular formula is C6H13FN2O. The third kappa shape index (κ3) is 4.26. The summed E-state index contributed by atoms with van der Waals surface area (Å²) in [6, 6.07) is 0. The van der Waals surface area contributed by atoms with Gasteiger partial charge in [-0.1, -0.05) is 6.92 Å². The van der Waals surface area contributed by atoms with Crippen LogP contribution in [0.1, 0.15) is 6.92 Å². The summed E-state index contributed by atoms with van der Waals surface area (Å²) in [5, 5.41) is 2.74. The molecule has 0 spiro atoms. The predicted octanol–water partition coefficient (Wildman–Crippen LogP) is -0.333. The molecule has 1 unspecified atom stereocenters. The normalized spacial score (nSPS) is 13.0. The van der Waals surface area contributed by atoms with Crippen LogP contribution in [0, 0.1) is 5.92 Å². The maximum atomic E-state index is 11.5. The fourth-order valence-corrected chi connectivity index (χ4v) is 0.486. The molecule has 0 radical (unpaired) electrons. The van der Waals surface area contributed by atoms with Crippen LogP contribution < -0.4 is 11.1 Å². The second-order valence-electron chi connectivity index (χ2n) is 2.20. The molecule has 10 heavy (non-hydrogen) atoms. The minimum Gasteiger partial charge on any atom is -0.369 e. The Morgan fingerprint density at radius 2 is 2.40 bits per heavy atom. The van der Waals surface area contributed by atoms with Crippen LogP contribution in [-0.2, 0) is 4.79 Å². The lowest BCUT2D eigenvalue weighted by molar-refractivity contribution is -0.121. The topological polar surface area (TPSA) is 55.1 Å². The number of nitrogens with one attached hydrogen (secondary N) is 1. The summed E-state index contributed by atoms with van der Waals surface area (Å²) >= 11 is 0. The van der Waals surface area contributed by atoms with Gasteiger partial charge in [0, 0.05) is 19.0 Å². The van der Waals surface area contributed by atoms with Crippen LogP contribution in [0.3, 0.4) is 0 Å². The van der Waals surface area contributed by atoms with Crippen molar-refractivity contribution in [3.05, 3.63) is 0 Å². The third-order valence-electron chi connectivity index (χ3n) is 1.21. The molecule has 4 heteroatoms. The second kappa shape index (κ2) is 5.17. The summed E-state index contributed by atoms with van der Waals surface area (Å²) in [6.45, 7) is 2.04. The van der Waals surface area contributed by atoms with E-state index >= 15 is 0 Å². The molecule has 0 rings (SSSR count). The molecule has 0 heterocycles. The van der Waals surface area contributed by atoms with E-state index in [1.165, 1.54) is 0 Å². The van der Waals surface area contributed by atoms with Crippen molar-refractivity contribution < 1.29 is 9.18 Å². The predicted molar refractivity (Wildman–Crippen MR) is 37.2 cm³/mol. The van der Waals surface area contributed by atoms with Gasteiger partial charge in [-0.3, -0.25) is 4.79 Å². The van der Waals surface area contributed by atoms with Gasteiger partial charge in [-0.25, -0.2) is 4.39 Å². The van der Waals surface area contributed by atoms with Crippen molar-refractivity contribution in [2.24, 2.45) is 11.7 Å². The summed E-state index contributed by atoms with van der Waals surface area (Å²) in [5.41, 5.74) is 4.95. The van der Waals surface area contributed by atoms with Gasteiger partial charge in [-0.15, -0.1) is 0 Å². The number of amides is 1. The highest BCUT2D eigenvalue weighted by Crippen LogP contribution is 1.88. The fraction of sp³-hybridized carbons (Fsp3) is 0.833. The van der Waals surface area contributed by atoms with Crippen LogP contribution in [-0.4, -0.2) is 25.7 Å². The van der Waals surface area contributed by atoms with E-state index in [0.717, 1.165) is 0 Å². The Kier molecular flexibility index (Phi) is 4.84. The first-order chi connectivity index (χ1) is 4.68. The van der Waals surface area contributed by atoms with E-state index in [1.54, 1.807) is 6.92 Å². The fourth-order valence-electron chi connectivity index (χ4n) is 0.486. The summed E-state index contributed by atoms with van der Waals surface area (Å²) in [4.78, 5) is 10.4. The van der Waals surface area contributed by atoms with E-state index in [1.807, 2.05) is 0 Å². The molecule has 0 fully saturated rings. The van der Waals surface area contributed by atoms with Crippen molar-refractivity contribution in [1.29, 1.82) is 0 Å². The Bertz CT molecular complexity index is 108. The largest absolute Gasteiger partial charge is 0.369 e. The summed E-state index contributed by atoms with van der Waals surface area (Å²) in [7, 11) is 0. The first-order valence-electron chi connectivity index (χ1n) is 3.24. The number of hydrogen-bond donors (Lipinski definition) is 2. The smallest absolute Gasteiger partial charge is 0.221 e. The van der Waals surface area contributed by atoms with Crippen molar-refractivity contribution in [3.8, 4) is 0 Å². The van der Waals surface area contributed by atoms with E-state index in [2.05, 4.69) is 5.32 Å². The van der Waals surface area contributed by atoms with Gasteiger partial charge < -0.3 is 11.1 Å². The van der Waals surface area contributed by atoms with Crippen LogP contribution in [0.2, 0.25) is 0 Å². The molecule has 0 aromatic carbocycles. The maximum Gasteiger partial charge on any atom is 0.221 e. The van der Waals surface area contributed by atoms with Crippen LogP contribution in [0.4, 0.5) is 4.39 Å². The molecule has 3 N–H and O–H groups in total. The molecule has 0 aliphatic carbocycles. The Labute approximate surface area is 59.8 Å². The molecular weight excluding hydrogens is 135 g/mol. The van der Waals surface area contributed by atoms with Crippen molar-refractivity contribution in [3.63, 3.8) is 0 Å². The quantitative estimate of drug-likeness (QED) is 0.524. The maximum absolute atomic E-state index is 11.5. The molecule has 1 amide bonds. The van der Waals surface area contributed by atoms with Crippen molar-refractivity contribution in [2.75, 3.05) is 19.8 Å². The lowest BCUT2D eigenvalue weighted by Crippen LogP contribution is -2.31. The molecule has 0 bridgehead atoms. The SMILES string of the molecule is CC(CNCCF)C(N)=O. The number of halogens is 1. The Morgan fingerprint density at radius 1 is 1.80 bits per heavy atom. The lowest BCUT2D eigenvalue weighted by Gasteiger charge is -2.06. The van der Waals surface area contributed by atoms with Gasteiger partial charge in [-0.05, 0) is 0 Å². The highest BCUT2D eigenvalue weighted by atomic mass is 19.1. The Hall–Kier alpha value is -0.640. The van der Waals surface area contributed by atoms with Gasteiger partial charge in [0.1, 0.15) is 6.67 Å². The number of hydrogen-bond acceptors (Lipinski definition) is 2. The van der Waals surface area contributed by atoms with Gasteiger partial charge in [0.25, 0.3) is 0 Å². The summed E-state index contributed by atoms with van der Waals surface area (Å²) in [6.07, 6.45) is 0. The van der Waals surface area contributed by atoms with Gasteiger partial charge in [0.2, 0.25) is 5.91 Å². The zero-order valence-electron chi connectivity index (χ0n) is 6.06. The molecule has 0 saturated carbocycles. The highest BCUT2D eigenvalue weighted by molar-refractivity contribution is 5.76. The molecule has 3 nitrogen and oxygen atoms in total. The van der Waals surface area contributed by atoms with E-state index in [-0.39, 0.29) is 18.4 Å². The lowest BCUT2D eigenvalue weighted by atomic mass is 10.2. The number of nitrogens with two attached hydrogens (primary N) is 1. The first kappa shape index (κ1) is 9.36. The number of rotatable bonds is 5. The average Bonchev–Trinajstić information content (AvgIpc) is 1.88. The Balaban J connectivity index is 3.21. The number of carbonyl (C=O) groups excluding carboxylic acids is 1. The molecule has 60 valence electrons. The van der Waals surface area contributed by atoms with E-state index in [0.29, 0.717) is 6.54 Å². The van der Waals surface area contributed by atoms with Crippen molar-refractivity contribution in [2.45, 2.75) is 6.92 Å². The summed E-state index contributed by atoms with van der Waals surface area (Å²) < 4.78 is 11.5. The van der Waals surface area contributed by atoms with Crippen molar-refractivity contribution >= 4 is 5.91 Å². The summed E-state index contributed by atoms with van der Waals surface area (Å²) in [5.74, 6) is -0.571. The zero-order valence-corrected chi connectivity index (χ0v) is 6.06.